The van der Waals surface area contributed by atoms with Crippen LogP contribution >= 0.6 is 15.9 Å². The maximum Gasteiger partial charge on any atom is 0.255 e. The number of hydrogen-bond donors (Lipinski definition) is 2. The molecule has 2 fully saturated rings. The molecule has 0 aromatic heterocycles. The first-order valence-corrected chi connectivity index (χ1v) is 12.4. The Labute approximate surface area is 203 Å². The second-order valence-corrected chi connectivity index (χ2v) is 9.37. The Kier molecular flexibility index (Phi) is 8.36. The van der Waals surface area contributed by atoms with E-state index < -0.39 is 0 Å². The summed E-state index contributed by atoms with van der Waals surface area (Å²) in [4.78, 5) is 30.4. The summed E-state index contributed by atoms with van der Waals surface area (Å²) in [5, 5.41) is 6.01. The third-order valence-electron chi connectivity index (χ3n) is 6.09. The van der Waals surface area contributed by atoms with Gasteiger partial charge in [-0.3, -0.25) is 14.5 Å². The van der Waals surface area contributed by atoms with Crippen molar-refractivity contribution in [2.24, 2.45) is 0 Å². The molecule has 0 radical (unpaired) electrons. The fraction of sp³-hybridized carbons (Fsp3) is 0.440. The van der Waals surface area contributed by atoms with Crippen molar-refractivity contribution >= 4 is 39.1 Å². The number of rotatable bonds is 8. The molecule has 2 aliphatic heterocycles. The minimum Gasteiger partial charge on any atom is -0.379 e. The van der Waals surface area contributed by atoms with Crippen molar-refractivity contribution < 1.29 is 14.3 Å². The summed E-state index contributed by atoms with van der Waals surface area (Å²) in [6, 6.07) is 12.8. The number of ether oxygens (including phenoxy) is 1. The number of amides is 2. The van der Waals surface area contributed by atoms with Crippen LogP contribution in [0.1, 0.15) is 40.0 Å². The molecular formula is C25H31BrN4O3. The van der Waals surface area contributed by atoms with Crippen molar-refractivity contribution in [2.45, 2.75) is 19.3 Å². The van der Waals surface area contributed by atoms with Gasteiger partial charge in [0.1, 0.15) is 0 Å². The summed E-state index contributed by atoms with van der Waals surface area (Å²) in [5.41, 5.74) is 2.72. The monoisotopic (exact) mass is 514 g/mol. The number of nitrogens with zero attached hydrogens (tertiary/aromatic N) is 2. The van der Waals surface area contributed by atoms with Gasteiger partial charge in [-0.05, 0) is 68.3 Å². The van der Waals surface area contributed by atoms with Crippen molar-refractivity contribution in [3.05, 3.63) is 58.1 Å². The van der Waals surface area contributed by atoms with Gasteiger partial charge >= 0.3 is 0 Å². The molecule has 0 aliphatic carbocycles. The number of benzene rings is 2. The van der Waals surface area contributed by atoms with Gasteiger partial charge in [0, 0.05) is 54.1 Å². The summed E-state index contributed by atoms with van der Waals surface area (Å²) in [6.45, 7) is 6.93. The summed E-state index contributed by atoms with van der Waals surface area (Å²) >= 11 is 3.39. The normalized spacial score (nSPS) is 16.6. The molecule has 0 saturated carbocycles. The van der Waals surface area contributed by atoms with E-state index in [0.29, 0.717) is 23.4 Å². The molecule has 2 aromatic rings. The van der Waals surface area contributed by atoms with Crippen LogP contribution in [0.25, 0.3) is 0 Å². The van der Waals surface area contributed by atoms with Crippen LogP contribution in [0.15, 0.2) is 46.9 Å². The Morgan fingerprint density at radius 1 is 0.939 bits per heavy atom. The topological polar surface area (TPSA) is 73.9 Å². The Balaban J connectivity index is 1.42. The van der Waals surface area contributed by atoms with Crippen molar-refractivity contribution in [1.82, 2.24) is 10.2 Å². The van der Waals surface area contributed by atoms with Crippen molar-refractivity contribution in [2.75, 3.05) is 62.7 Å². The predicted octanol–water partition coefficient (Wildman–Crippen LogP) is 3.75. The van der Waals surface area contributed by atoms with E-state index >= 15 is 0 Å². The predicted molar refractivity (Wildman–Crippen MR) is 134 cm³/mol. The molecule has 2 N–H and O–H groups in total. The zero-order chi connectivity index (χ0) is 23.0. The van der Waals surface area contributed by atoms with Gasteiger partial charge in [0.05, 0.1) is 18.8 Å². The van der Waals surface area contributed by atoms with Crippen LogP contribution in [0.2, 0.25) is 0 Å². The zero-order valence-corrected chi connectivity index (χ0v) is 20.4. The van der Waals surface area contributed by atoms with Crippen molar-refractivity contribution in [1.29, 1.82) is 0 Å². The highest BCUT2D eigenvalue weighted by atomic mass is 79.9. The van der Waals surface area contributed by atoms with Crippen LogP contribution in [0.4, 0.5) is 11.4 Å². The van der Waals surface area contributed by atoms with Crippen LogP contribution in [-0.2, 0) is 4.74 Å². The van der Waals surface area contributed by atoms with E-state index in [9.17, 15) is 9.59 Å². The molecule has 2 heterocycles. The molecule has 0 spiro atoms. The third-order valence-corrected chi connectivity index (χ3v) is 6.62. The van der Waals surface area contributed by atoms with E-state index in [1.165, 1.54) is 0 Å². The van der Waals surface area contributed by atoms with Crippen molar-refractivity contribution in [3.8, 4) is 0 Å². The number of carbonyl (C=O) groups excluding carboxylic acids is 2. The minimum atomic E-state index is -0.201. The zero-order valence-electron chi connectivity index (χ0n) is 18.8. The van der Waals surface area contributed by atoms with Crippen LogP contribution in [0.5, 0.6) is 0 Å². The Morgan fingerprint density at radius 3 is 2.39 bits per heavy atom. The number of carbonyl (C=O) groups is 2. The lowest BCUT2D eigenvalue weighted by Gasteiger charge is -2.26. The first kappa shape index (κ1) is 23.7. The van der Waals surface area contributed by atoms with Gasteiger partial charge in [-0.1, -0.05) is 15.9 Å². The van der Waals surface area contributed by atoms with Crippen LogP contribution in [-0.4, -0.2) is 69.2 Å². The fourth-order valence-electron chi connectivity index (χ4n) is 4.26. The van der Waals surface area contributed by atoms with Crippen LogP contribution in [0, 0.1) is 0 Å². The Bertz CT molecular complexity index is 955. The SMILES string of the molecule is O=C(Nc1ccc(N2CCCC2)c(C(=O)NCCCN2CCOCC2)c1)c1ccc(Br)cc1. The first-order chi connectivity index (χ1) is 16.1. The number of hydrogen-bond acceptors (Lipinski definition) is 5. The maximum atomic E-state index is 13.1. The van der Waals surface area contributed by atoms with Gasteiger partial charge < -0.3 is 20.3 Å². The molecule has 176 valence electrons. The molecule has 2 aliphatic rings. The molecule has 2 saturated heterocycles. The molecule has 0 unspecified atom stereocenters. The minimum absolute atomic E-state index is 0.0985. The lowest BCUT2D eigenvalue weighted by molar-refractivity contribution is 0.0374. The van der Waals surface area contributed by atoms with Gasteiger partial charge in [0.2, 0.25) is 0 Å². The lowest BCUT2D eigenvalue weighted by Crippen LogP contribution is -2.38. The molecule has 2 aromatic carbocycles. The Morgan fingerprint density at radius 2 is 1.67 bits per heavy atom. The van der Waals surface area contributed by atoms with Gasteiger partial charge in [0.25, 0.3) is 11.8 Å². The molecule has 4 rings (SSSR count). The smallest absolute Gasteiger partial charge is 0.255 e. The summed E-state index contributed by atoms with van der Waals surface area (Å²) in [7, 11) is 0. The Hall–Kier alpha value is -2.42. The van der Waals surface area contributed by atoms with Crippen molar-refractivity contribution in [3.63, 3.8) is 0 Å². The summed E-state index contributed by atoms with van der Waals surface area (Å²) in [6.07, 6.45) is 3.15. The van der Waals surface area contributed by atoms with E-state index in [-0.39, 0.29) is 11.8 Å². The standard InChI is InChI=1S/C25H31BrN4O3/c26-20-6-4-19(5-7-20)24(31)28-21-8-9-23(30-12-1-2-13-30)22(18-21)25(32)27-10-3-11-29-14-16-33-17-15-29/h4-9,18H,1-3,10-17H2,(H,27,32)(H,28,31). The third kappa shape index (κ3) is 6.56. The van der Waals surface area contributed by atoms with E-state index in [1.807, 2.05) is 24.3 Å². The average Bonchev–Trinajstić information content (AvgIpc) is 3.37. The molecule has 33 heavy (non-hydrogen) atoms. The second-order valence-electron chi connectivity index (χ2n) is 8.45. The second kappa shape index (κ2) is 11.6. The quantitative estimate of drug-likeness (QED) is 0.524. The number of morpholine rings is 1. The molecule has 7 nitrogen and oxygen atoms in total. The first-order valence-electron chi connectivity index (χ1n) is 11.6. The maximum absolute atomic E-state index is 13.1. The van der Waals surface area contributed by atoms with Gasteiger partial charge in [-0.2, -0.15) is 0 Å². The van der Waals surface area contributed by atoms with E-state index in [1.54, 1.807) is 18.2 Å². The van der Waals surface area contributed by atoms with Crippen LogP contribution < -0.4 is 15.5 Å². The van der Waals surface area contributed by atoms with Crippen LogP contribution in [0.3, 0.4) is 0 Å². The van der Waals surface area contributed by atoms with E-state index in [4.69, 9.17) is 4.74 Å². The number of nitrogens with one attached hydrogen (secondary N) is 2. The fourth-order valence-corrected chi connectivity index (χ4v) is 4.52. The van der Waals surface area contributed by atoms with Gasteiger partial charge in [-0.25, -0.2) is 0 Å². The lowest BCUT2D eigenvalue weighted by atomic mass is 10.1. The number of halogens is 1. The van der Waals surface area contributed by atoms with E-state index in [2.05, 4.69) is 36.4 Å². The highest BCUT2D eigenvalue weighted by Gasteiger charge is 2.21. The summed E-state index contributed by atoms with van der Waals surface area (Å²) < 4.78 is 6.31. The molecule has 0 bridgehead atoms. The largest absolute Gasteiger partial charge is 0.379 e. The van der Waals surface area contributed by atoms with Gasteiger partial charge in [-0.15, -0.1) is 0 Å². The van der Waals surface area contributed by atoms with Gasteiger partial charge in [0.15, 0.2) is 0 Å². The van der Waals surface area contributed by atoms with E-state index in [0.717, 1.165) is 75.4 Å². The molecular weight excluding hydrogens is 484 g/mol. The molecule has 8 heteroatoms. The number of anilines is 2. The highest BCUT2D eigenvalue weighted by molar-refractivity contribution is 9.10. The highest BCUT2D eigenvalue weighted by Crippen LogP contribution is 2.28. The summed E-state index contributed by atoms with van der Waals surface area (Å²) in [5.74, 6) is -0.299. The molecule has 2 amide bonds. The molecule has 0 atom stereocenters. The average molecular weight is 515 g/mol.